The number of aliphatic hydroxyl groups excluding tert-OH is 1. The van der Waals surface area contributed by atoms with Crippen LogP contribution in [0.1, 0.15) is 13.8 Å². The standard InChI is InChI=1S/C4H12N2O2/c1-4(2,5)3(7)6-8/h3,6-8H,5H2,1-2H3. The summed E-state index contributed by atoms with van der Waals surface area (Å²) in [5.41, 5.74) is 6.16. The summed E-state index contributed by atoms with van der Waals surface area (Å²) >= 11 is 0. The molecule has 0 fully saturated rings. The molecule has 1 unspecified atom stereocenters. The van der Waals surface area contributed by atoms with Crippen molar-refractivity contribution in [1.82, 2.24) is 5.48 Å². The molecule has 0 saturated heterocycles. The Morgan fingerprint density at radius 3 is 2.00 bits per heavy atom. The van der Waals surface area contributed by atoms with Crippen molar-refractivity contribution < 1.29 is 10.3 Å². The van der Waals surface area contributed by atoms with Gasteiger partial charge in [-0.15, -0.1) is 0 Å². The van der Waals surface area contributed by atoms with Crippen LogP contribution in [0.4, 0.5) is 0 Å². The van der Waals surface area contributed by atoms with Gasteiger partial charge in [0.1, 0.15) is 6.23 Å². The van der Waals surface area contributed by atoms with E-state index in [1.165, 1.54) is 0 Å². The summed E-state index contributed by atoms with van der Waals surface area (Å²) in [6.45, 7) is 3.20. The Kier molecular flexibility index (Phi) is 2.36. The molecule has 0 aliphatic heterocycles. The van der Waals surface area contributed by atoms with E-state index in [2.05, 4.69) is 0 Å². The predicted molar refractivity (Wildman–Crippen MR) is 29.2 cm³/mol. The van der Waals surface area contributed by atoms with Gasteiger partial charge in [0.25, 0.3) is 0 Å². The SMILES string of the molecule is CC(C)(N)C(O)NO. The molecular formula is C4H12N2O2. The van der Waals surface area contributed by atoms with Crippen LogP contribution in [0.15, 0.2) is 0 Å². The number of nitrogens with two attached hydrogens (primary N) is 1. The summed E-state index contributed by atoms with van der Waals surface area (Å²) in [7, 11) is 0. The van der Waals surface area contributed by atoms with Crippen LogP contribution in [0.5, 0.6) is 0 Å². The normalized spacial score (nSPS) is 16.1. The molecule has 0 aromatic rings. The number of hydrogen-bond donors (Lipinski definition) is 4. The van der Waals surface area contributed by atoms with E-state index in [4.69, 9.17) is 16.0 Å². The molecule has 5 N–H and O–H groups in total. The molecule has 8 heavy (non-hydrogen) atoms. The van der Waals surface area contributed by atoms with Gasteiger partial charge in [-0.2, -0.15) is 5.48 Å². The van der Waals surface area contributed by atoms with E-state index in [-0.39, 0.29) is 0 Å². The lowest BCUT2D eigenvalue weighted by Gasteiger charge is -2.23. The zero-order valence-corrected chi connectivity index (χ0v) is 5.05. The van der Waals surface area contributed by atoms with Crippen molar-refractivity contribution >= 4 is 0 Å². The minimum atomic E-state index is -1.07. The van der Waals surface area contributed by atoms with Gasteiger partial charge in [-0.3, -0.25) is 0 Å². The van der Waals surface area contributed by atoms with Gasteiger partial charge in [0, 0.05) is 0 Å². The first kappa shape index (κ1) is 7.84. The van der Waals surface area contributed by atoms with E-state index in [9.17, 15) is 0 Å². The second kappa shape index (κ2) is 2.41. The second-order valence-corrected chi connectivity index (χ2v) is 2.35. The Labute approximate surface area is 48.3 Å². The van der Waals surface area contributed by atoms with Gasteiger partial charge < -0.3 is 16.0 Å². The number of aliphatic hydroxyl groups is 1. The molecule has 0 bridgehead atoms. The fraction of sp³-hybridized carbons (Fsp3) is 1.00. The Morgan fingerprint density at radius 2 is 2.00 bits per heavy atom. The summed E-state index contributed by atoms with van der Waals surface area (Å²) in [5, 5.41) is 16.8. The van der Waals surface area contributed by atoms with Crippen molar-refractivity contribution in [2.75, 3.05) is 0 Å². The van der Waals surface area contributed by atoms with E-state index in [0.717, 1.165) is 0 Å². The Balaban J connectivity index is 3.62. The van der Waals surface area contributed by atoms with Crippen LogP contribution in [0.2, 0.25) is 0 Å². The molecule has 0 aliphatic rings. The lowest BCUT2D eigenvalue weighted by atomic mass is 10.1. The topological polar surface area (TPSA) is 78.5 Å². The van der Waals surface area contributed by atoms with Gasteiger partial charge >= 0.3 is 0 Å². The van der Waals surface area contributed by atoms with Gasteiger partial charge in [0.2, 0.25) is 0 Å². The maximum absolute atomic E-state index is 8.71. The van der Waals surface area contributed by atoms with E-state index >= 15 is 0 Å². The highest BCUT2D eigenvalue weighted by molar-refractivity contribution is 4.76. The largest absolute Gasteiger partial charge is 0.375 e. The molecule has 0 aliphatic carbocycles. The van der Waals surface area contributed by atoms with Crippen molar-refractivity contribution in [2.24, 2.45) is 5.73 Å². The minimum absolute atomic E-state index is 0.797. The highest BCUT2D eigenvalue weighted by Crippen LogP contribution is 1.99. The first-order valence-corrected chi connectivity index (χ1v) is 2.35. The molecule has 4 nitrogen and oxygen atoms in total. The molecule has 0 spiro atoms. The Bertz CT molecular complexity index is 68.9. The van der Waals surface area contributed by atoms with Crippen LogP contribution in [-0.2, 0) is 0 Å². The fourth-order valence-corrected chi connectivity index (χ4v) is 0.166. The molecule has 0 amide bonds. The van der Waals surface area contributed by atoms with Crippen molar-refractivity contribution in [3.8, 4) is 0 Å². The molecule has 4 heteroatoms. The van der Waals surface area contributed by atoms with E-state index < -0.39 is 11.8 Å². The first-order valence-electron chi connectivity index (χ1n) is 2.35. The number of rotatable bonds is 2. The van der Waals surface area contributed by atoms with Crippen LogP contribution in [0, 0.1) is 0 Å². The van der Waals surface area contributed by atoms with Gasteiger partial charge in [-0.25, -0.2) is 0 Å². The van der Waals surface area contributed by atoms with Crippen LogP contribution < -0.4 is 11.2 Å². The first-order chi connectivity index (χ1) is 3.48. The van der Waals surface area contributed by atoms with Crippen LogP contribution in [0.25, 0.3) is 0 Å². The highest BCUT2D eigenvalue weighted by atomic mass is 16.5. The third kappa shape index (κ3) is 2.23. The lowest BCUT2D eigenvalue weighted by molar-refractivity contribution is -0.0353. The van der Waals surface area contributed by atoms with E-state index in [0.29, 0.717) is 0 Å². The Hall–Kier alpha value is -0.160. The molecule has 0 saturated carbocycles. The summed E-state index contributed by atoms with van der Waals surface area (Å²) < 4.78 is 0. The molecule has 0 radical (unpaired) electrons. The Morgan fingerprint density at radius 1 is 1.62 bits per heavy atom. The minimum Gasteiger partial charge on any atom is -0.375 e. The average molecular weight is 120 g/mol. The zero-order valence-electron chi connectivity index (χ0n) is 5.05. The highest BCUT2D eigenvalue weighted by Gasteiger charge is 2.20. The molecule has 0 aromatic heterocycles. The molecule has 50 valence electrons. The molecule has 1 atom stereocenters. The van der Waals surface area contributed by atoms with E-state index in [1.54, 1.807) is 19.3 Å². The molecule has 0 heterocycles. The number of hydroxylamine groups is 1. The average Bonchev–Trinajstić information content (AvgIpc) is 1.62. The fourth-order valence-electron chi connectivity index (χ4n) is 0.166. The van der Waals surface area contributed by atoms with Crippen molar-refractivity contribution in [2.45, 2.75) is 25.6 Å². The summed E-state index contributed by atoms with van der Waals surface area (Å²) in [4.78, 5) is 0. The summed E-state index contributed by atoms with van der Waals surface area (Å²) in [6.07, 6.45) is -1.07. The summed E-state index contributed by atoms with van der Waals surface area (Å²) in [5.74, 6) is 0. The van der Waals surface area contributed by atoms with Gasteiger partial charge in [0.15, 0.2) is 0 Å². The number of hydrogen-bond acceptors (Lipinski definition) is 4. The maximum Gasteiger partial charge on any atom is 0.144 e. The van der Waals surface area contributed by atoms with Crippen LogP contribution in [0.3, 0.4) is 0 Å². The van der Waals surface area contributed by atoms with Crippen LogP contribution in [-0.4, -0.2) is 22.1 Å². The van der Waals surface area contributed by atoms with Crippen molar-refractivity contribution in [3.05, 3.63) is 0 Å². The van der Waals surface area contributed by atoms with Gasteiger partial charge in [0.05, 0.1) is 5.54 Å². The quantitative estimate of drug-likeness (QED) is 0.279. The van der Waals surface area contributed by atoms with Gasteiger partial charge in [-0.05, 0) is 13.8 Å². The monoisotopic (exact) mass is 120 g/mol. The number of nitrogens with one attached hydrogen (secondary N) is 1. The zero-order chi connectivity index (χ0) is 6.78. The molecule has 0 rings (SSSR count). The smallest absolute Gasteiger partial charge is 0.144 e. The van der Waals surface area contributed by atoms with Crippen molar-refractivity contribution in [3.63, 3.8) is 0 Å². The third-order valence-corrected chi connectivity index (χ3v) is 0.827. The maximum atomic E-state index is 8.71. The molecule has 0 aromatic carbocycles. The van der Waals surface area contributed by atoms with E-state index in [1.807, 2.05) is 0 Å². The lowest BCUT2D eigenvalue weighted by Crippen LogP contribution is -2.51. The predicted octanol–water partition coefficient (Wildman–Crippen LogP) is -0.979. The third-order valence-electron chi connectivity index (χ3n) is 0.827. The molecular weight excluding hydrogens is 108 g/mol. The van der Waals surface area contributed by atoms with Crippen molar-refractivity contribution in [1.29, 1.82) is 0 Å². The van der Waals surface area contributed by atoms with Crippen LogP contribution >= 0.6 is 0 Å². The summed E-state index contributed by atoms with van der Waals surface area (Å²) in [6, 6.07) is 0. The van der Waals surface area contributed by atoms with Gasteiger partial charge in [-0.1, -0.05) is 0 Å². The second-order valence-electron chi connectivity index (χ2n) is 2.35.